The van der Waals surface area contributed by atoms with Crippen LogP contribution in [0.15, 0.2) is 23.1 Å². The lowest BCUT2D eigenvalue weighted by Gasteiger charge is -1.95. The second-order valence-electron chi connectivity index (χ2n) is 2.11. The van der Waals surface area contributed by atoms with Crippen LogP contribution in [0.4, 0.5) is 10.1 Å². The smallest absolute Gasteiger partial charge is 0.124 e. The number of benzene rings is 1. The van der Waals surface area contributed by atoms with Gasteiger partial charge in [0.15, 0.2) is 0 Å². The summed E-state index contributed by atoms with van der Waals surface area (Å²) in [5.74, 6) is 0.702. The zero-order valence-corrected chi connectivity index (χ0v) is 8.04. The van der Waals surface area contributed by atoms with Crippen molar-refractivity contribution in [1.82, 2.24) is 0 Å². The molecule has 0 fully saturated rings. The maximum atomic E-state index is 12.5. The highest BCUT2D eigenvalue weighted by atomic mass is 32.2. The second-order valence-corrected chi connectivity index (χ2v) is 3.12. The van der Waals surface area contributed by atoms with E-state index in [0.29, 0.717) is 0 Å². The monoisotopic (exact) mass is 185 g/mol. The summed E-state index contributed by atoms with van der Waals surface area (Å²) in [5.41, 5.74) is 1.05. The fourth-order valence-corrected chi connectivity index (χ4v) is 1.83. The molecule has 0 unspecified atom stereocenters. The molecule has 0 saturated heterocycles. The molecule has 0 radical (unpaired) electrons. The van der Waals surface area contributed by atoms with Crippen LogP contribution in [-0.4, -0.2) is 5.88 Å². The van der Waals surface area contributed by atoms with E-state index in [1.165, 1.54) is 6.07 Å². The van der Waals surface area contributed by atoms with Crippen LogP contribution in [0.5, 0.6) is 0 Å². The topological polar surface area (TPSA) is 12.0 Å². The van der Waals surface area contributed by atoms with Gasteiger partial charge in [0.05, 0.1) is 5.88 Å². The standard InChI is InChI=1S/C7H6FNS.C2H6/c8-5-1-2-6-7(3-5)10-4-9-6;1-2/h1-3,9H,4H2;1-2H3. The first-order chi connectivity index (χ1) is 5.86. The van der Waals surface area contributed by atoms with Crippen LogP contribution in [0.1, 0.15) is 13.8 Å². The molecule has 2 rings (SSSR count). The van der Waals surface area contributed by atoms with E-state index in [2.05, 4.69) is 5.32 Å². The van der Waals surface area contributed by atoms with Crippen LogP contribution >= 0.6 is 11.8 Å². The fourth-order valence-electron chi connectivity index (χ4n) is 0.953. The van der Waals surface area contributed by atoms with Gasteiger partial charge in [-0.05, 0) is 18.2 Å². The molecule has 1 aliphatic rings. The molecule has 0 spiro atoms. The van der Waals surface area contributed by atoms with Crippen LogP contribution < -0.4 is 5.32 Å². The van der Waals surface area contributed by atoms with Gasteiger partial charge < -0.3 is 5.32 Å². The van der Waals surface area contributed by atoms with Gasteiger partial charge in [-0.2, -0.15) is 0 Å². The minimum absolute atomic E-state index is 0.157. The van der Waals surface area contributed by atoms with Crippen molar-refractivity contribution in [3.05, 3.63) is 24.0 Å². The fraction of sp³-hybridized carbons (Fsp3) is 0.333. The van der Waals surface area contributed by atoms with Gasteiger partial charge in [0.25, 0.3) is 0 Å². The molecule has 1 aliphatic heterocycles. The highest BCUT2D eigenvalue weighted by molar-refractivity contribution is 7.99. The number of hydrogen-bond acceptors (Lipinski definition) is 2. The molecule has 1 aromatic rings. The van der Waals surface area contributed by atoms with Gasteiger partial charge in [0.1, 0.15) is 5.82 Å². The van der Waals surface area contributed by atoms with Crippen molar-refractivity contribution in [1.29, 1.82) is 0 Å². The maximum absolute atomic E-state index is 12.5. The molecule has 0 saturated carbocycles. The van der Waals surface area contributed by atoms with Gasteiger partial charge in [-0.1, -0.05) is 13.8 Å². The molecule has 1 nitrogen and oxygen atoms in total. The molecule has 0 amide bonds. The Balaban J connectivity index is 0.000000336. The number of hydrogen-bond donors (Lipinski definition) is 1. The number of nitrogens with one attached hydrogen (secondary N) is 1. The Hall–Kier alpha value is -0.700. The summed E-state index contributed by atoms with van der Waals surface area (Å²) in [5, 5.41) is 3.12. The zero-order chi connectivity index (χ0) is 8.97. The highest BCUT2D eigenvalue weighted by Gasteiger charge is 2.09. The Morgan fingerprint density at radius 3 is 2.92 bits per heavy atom. The third kappa shape index (κ3) is 1.91. The van der Waals surface area contributed by atoms with Crippen LogP contribution in [-0.2, 0) is 0 Å². The summed E-state index contributed by atoms with van der Waals surface area (Å²) >= 11 is 1.63. The summed E-state index contributed by atoms with van der Waals surface area (Å²) in [6.45, 7) is 4.00. The minimum Gasteiger partial charge on any atom is -0.375 e. The number of rotatable bonds is 0. The number of halogens is 1. The van der Waals surface area contributed by atoms with Crippen molar-refractivity contribution < 1.29 is 4.39 Å². The van der Waals surface area contributed by atoms with Crippen molar-refractivity contribution in [2.24, 2.45) is 0 Å². The van der Waals surface area contributed by atoms with Gasteiger partial charge in [0, 0.05) is 10.6 Å². The van der Waals surface area contributed by atoms with Gasteiger partial charge in [-0.15, -0.1) is 11.8 Å². The summed E-state index contributed by atoms with van der Waals surface area (Å²) in [6, 6.07) is 4.79. The Labute approximate surface area is 76.4 Å². The molecular weight excluding hydrogens is 173 g/mol. The lowest BCUT2D eigenvalue weighted by Crippen LogP contribution is -1.87. The van der Waals surface area contributed by atoms with Gasteiger partial charge in [-0.3, -0.25) is 0 Å². The molecule has 1 aromatic carbocycles. The van der Waals surface area contributed by atoms with Gasteiger partial charge in [0.2, 0.25) is 0 Å². The van der Waals surface area contributed by atoms with E-state index in [-0.39, 0.29) is 5.82 Å². The summed E-state index contributed by atoms with van der Waals surface area (Å²) in [6.07, 6.45) is 0. The van der Waals surface area contributed by atoms with E-state index in [1.807, 2.05) is 13.8 Å². The molecule has 1 N–H and O–H groups in total. The van der Waals surface area contributed by atoms with E-state index in [4.69, 9.17) is 0 Å². The van der Waals surface area contributed by atoms with E-state index in [1.54, 1.807) is 23.9 Å². The lowest BCUT2D eigenvalue weighted by molar-refractivity contribution is 0.625. The molecule has 0 atom stereocenters. The summed E-state index contributed by atoms with van der Waals surface area (Å²) in [4.78, 5) is 1.01. The van der Waals surface area contributed by atoms with Crippen molar-refractivity contribution >= 4 is 17.4 Å². The average Bonchev–Trinajstić information content (AvgIpc) is 2.54. The Kier molecular flexibility index (Phi) is 3.41. The molecule has 3 heteroatoms. The first-order valence-corrected chi connectivity index (χ1v) is 5.01. The molecule has 12 heavy (non-hydrogen) atoms. The van der Waals surface area contributed by atoms with Gasteiger partial charge >= 0.3 is 0 Å². The van der Waals surface area contributed by atoms with Crippen molar-refractivity contribution in [3.8, 4) is 0 Å². The van der Waals surface area contributed by atoms with Crippen molar-refractivity contribution in [3.63, 3.8) is 0 Å². The first kappa shape index (κ1) is 9.39. The van der Waals surface area contributed by atoms with E-state index in [0.717, 1.165) is 16.5 Å². The van der Waals surface area contributed by atoms with Crippen LogP contribution in [0.25, 0.3) is 0 Å². The molecule has 0 aliphatic carbocycles. The third-order valence-electron chi connectivity index (χ3n) is 1.43. The van der Waals surface area contributed by atoms with Crippen LogP contribution in [0, 0.1) is 5.82 Å². The summed E-state index contributed by atoms with van der Waals surface area (Å²) in [7, 11) is 0. The van der Waals surface area contributed by atoms with Crippen LogP contribution in [0.2, 0.25) is 0 Å². The van der Waals surface area contributed by atoms with Crippen LogP contribution in [0.3, 0.4) is 0 Å². The number of fused-ring (bicyclic) bond motifs is 1. The summed E-state index contributed by atoms with van der Waals surface area (Å²) < 4.78 is 12.5. The second kappa shape index (κ2) is 4.36. The number of thioether (sulfide) groups is 1. The Morgan fingerprint density at radius 1 is 1.42 bits per heavy atom. The highest BCUT2D eigenvalue weighted by Crippen LogP contribution is 2.33. The van der Waals surface area contributed by atoms with Crippen molar-refractivity contribution in [2.75, 3.05) is 11.2 Å². The predicted octanol–water partition coefficient (Wildman–Crippen LogP) is 3.33. The third-order valence-corrected chi connectivity index (χ3v) is 2.37. The SMILES string of the molecule is CC.Fc1ccc2c(c1)SCN2. The average molecular weight is 185 g/mol. The Morgan fingerprint density at radius 2 is 2.17 bits per heavy atom. The number of anilines is 1. The molecule has 66 valence electrons. The maximum Gasteiger partial charge on any atom is 0.124 e. The zero-order valence-electron chi connectivity index (χ0n) is 7.23. The quantitative estimate of drug-likeness (QED) is 0.665. The molecule has 0 bridgehead atoms. The largest absolute Gasteiger partial charge is 0.375 e. The molecular formula is C9H12FNS. The molecule has 0 aromatic heterocycles. The lowest BCUT2D eigenvalue weighted by atomic mass is 10.3. The van der Waals surface area contributed by atoms with Crippen molar-refractivity contribution in [2.45, 2.75) is 18.7 Å². The Bertz CT molecular complexity index is 263. The van der Waals surface area contributed by atoms with E-state index in [9.17, 15) is 4.39 Å². The normalized spacial score (nSPS) is 12.6. The predicted molar refractivity (Wildman–Crippen MR) is 52.1 cm³/mol. The van der Waals surface area contributed by atoms with E-state index < -0.39 is 0 Å². The molecule has 1 heterocycles. The first-order valence-electron chi connectivity index (χ1n) is 4.02. The van der Waals surface area contributed by atoms with Gasteiger partial charge in [-0.25, -0.2) is 4.39 Å². The minimum atomic E-state index is -0.157. The van der Waals surface area contributed by atoms with E-state index >= 15 is 0 Å².